The number of hydrogen-bond acceptors (Lipinski definition) is 3. The third-order valence-electron chi connectivity index (χ3n) is 3.72. The Morgan fingerprint density at radius 3 is 3.05 bits per heavy atom. The number of fused-ring (bicyclic) bond motifs is 1. The first kappa shape index (κ1) is 14.4. The van der Waals surface area contributed by atoms with Crippen LogP contribution >= 0.6 is 0 Å². The molecule has 1 atom stereocenters. The molecule has 1 heterocycles. The van der Waals surface area contributed by atoms with Crippen molar-refractivity contribution in [1.82, 2.24) is 5.32 Å². The molecule has 2 rings (SSSR count). The summed E-state index contributed by atoms with van der Waals surface area (Å²) in [4.78, 5) is 2.35. The Bertz CT molecular complexity index is 406. The van der Waals surface area contributed by atoms with Gasteiger partial charge in [0, 0.05) is 38.5 Å². The second-order valence-corrected chi connectivity index (χ2v) is 5.43. The third kappa shape index (κ3) is 3.95. The van der Waals surface area contributed by atoms with E-state index in [4.69, 9.17) is 4.74 Å². The Balaban J connectivity index is 1.91. The lowest BCUT2D eigenvalue weighted by Gasteiger charge is -2.28. The van der Waals surface area contributed by atoms with Gasteiger partial charge in [-0.05, 0) is 43.9 Å². The Kier molecular flexibility index (Phi) is 5.23. The number of aryl methyl sites for hydroxylation is 1. The minimum atomic E-state index is 0.402. The van der Waals surface area contributed by atoms with Gasteiger partial charge >= 0.3 is 0 Å². The highest BCUT2D eigenvalue weighted by atomic mass is 16.5. The van der Waals surface area contributed by atoms with Crippen molar-refractivity contribution in [3.63, 3.8) is 0 Å². The molecule has 0 bridgehead atoms. The van der Waals surface area contributed by atoms with E-state index in [1.807, 2.05) is 6.92 Å². The van der Waals surface area contributed by atoms with Crippen LogP contribution in [0, 0.1) is 0 Å². The van der Waals surface area contributed by atoms with Crippen molar-refractivity contribution < 1.29 is 4.74 Å². The van der Waals surface area contributed by atoms with Gasteiger partial charge in [0.15, 0.2) is 0 Å². The van der Waals surface area contributed by atoms with Gasteiger partial charge < -0.3 is 15.0 Å². The van der Waals surface area contributed by atoms with Gasteiger partial charge in [-0.2, -0.15) is 0 Å². The third-order valence-corrected chi connectivity index (χ3v) is 3.72. The van der Waals surface area contributed by atoms with Crippen LogP contribution < -0.4 is 10.2 Å². The number of ether oxygens (including phenoxy) is 1. The molecule has 0 spiro atoms. The number of nitrogens with one attached hydrogen (secondary N) is 1. The van der Waals surface area contributed by atoms with Gasteiger partial charge in [-0.25, -0.2) is 0 Å². The first-order valence-corrected chi connectivity index (χ1v) is 7.34. The lowest BCUT2D eigenvalue weighted by molar-refractivity contribution is 0.127. The topological polar surface area (TPSA) is 24.5 Å². The molecule has 0 saturated carbocycles. The van der Waals surface area contributed by atoms with E-state index in [-0.39, 0.29) is 0 Å². The lowest BCUT2D eigenvalue weighted by atomic mass is 9.99. The monoisotopic (exact) mass is 262 g/mol. The molecule has 3 nitrogen and oxygen atoms in total. The number of hydrogen-bond donors (Lipinski definition) is 1. The maximum atomic E-state index is 5.42. The summed E-state index contributed by atoms with van der Waals surface area (Å²) >= 11 is 0. The summed E-state index contributed by atoms with van der Waals surface area (Å²) in [7, 11) is 2.18. The maximum absolute atomic E-state index is 5.42. The molecule has 0 aromatic heterocycles. The highest BCUT2D eigenvalue weighted by molar-refractivity contribution is 5.56. The molecule has 1 unspecified atom stereocenters. The fourth-order valence-corrected chi connectivity index (χ4v) is 2.59. The average Bonchev–Trinajstić information content (AvgIpc) is 2.43. The summed E-state index contributed by atoms with van der Waals surface area (Å²) in [6.07, 6.45) is 2.48. The zero-order chi connectivity index (χ0) is 13.7. The Morgan fingerprint density at radius 1 is 1.42 bits per heavy atom. The first-order valence-electron chi connectivity index (χ1n) is 7.34. The van der Waals surface area contributed by atoms with E-state index < -0.39 is 0 Å². The molecule has 1 aliphatic heterocycles. The number of nitrogens with zero attached hydrogens (tertiary/aromatic N) is 1. The molecule has 1 aliphatic rings. The molecule has 3 heteroatoms. The minimum Gasteiger partial charge on any atom is -0.380 e. The molecule has 19 heavy (non-hydrogen) atoms. The molecule has 106 valence electrons. The molecule has 1 aromatic rings. The molecule has 0 aliphatic carbocycles. The maximum Gasteiger partial charge on any atom is 0.0616 e. The second kappa shape index (κ2) is 6.92. The fraction of sp³-hybridized carbons (Fsp3) is 0.625. The Labute approximate surface area is 116 Å². The molecule has 0 amide bonds. The van der Waals surface area contributed by atoms with Crippen LogP contribution in [-0.4, -0.2) is 32.8 Å². The van der Waals surface area contributed by atoms with Crippen molar-refractivity contribution in [3.8, 4) is 0 Å². The van der Waals surface area contributed by atoms with Crippen LogP contribution in [0.1, 0.15) is 31.4 Å². The van der Waals surface area contributed by atoms with Crippen LogP contribution in [-0.2, 0) is 17.7 Å². The van der Waals surface area contributed by atoms with E-state index >= 15 is 0 Å². The molecular formula is C16H26N2O. The van der Waals surface area contributed by atoms with Crippen molar-refractivity contribution in [1.29, 1.82) is 0 Å². The largest absolute Gasteiger partial charge is 0.380 e. The first-order chi connectivity index (χ1) is 9.20. The highest BCUT2D eigenvalue weighted by Crippen LogP contribution is 2.26. The number of rotatable bonds is 6. The molecular weight excluding hydrogens is 236 g/mol. The van der Waals surface area contributed by atoms with Gasteiger partial charge in [0.1, 0.15) is 0 Å². The lowest BCUT2D eigenvalue weighted by Crippen LogP contribution is -2.30. The SMILES string of the molecule is CCOCC(C)NCc1ccc2c(c1)CCCN2C. The minimum absolute atomic E-state index is 0.402. The summed E-state index contributed by atoms with van der Waals surface area (Å²) in [5.41, 5.74) is 4.26. The molecule has 1 N–H and O–H groups in total. The van der Waals surface area contributed by atoms with E-state index in [0.717, 1.165) is 19.8 Å². The zero-order valence-electron chi connectivity index (χ0n) is 12.4. The summed E-state index contributed by atoms with van der Waals surface area (Å²) in [5.74, 6) is 0. The van der Waals surface area contributed by atoms with Gasteiger partial charge in [-0.3, -0.25) is 0 Å². The standard InChI is InChI=1S/C16H26N2O/c1-4-19-12-13(2)17-11-14-7-8-16-15(10-14)6-5-9-18(16)3/h7-8,10,13,17H,4-6,9,11-12H2,1-3H3. The van der Waals surface area contributed by atoms with Crippen molar-refractivity contribution >= 4 is 5.69 Å². The van der Waals surface area contributed by atoms with Gasteiger partial charge in [0.2, 0.25) is 0 Å². The Morgan fingerprint density at radius 2 is 2.26 bits per heavy atom. The predicted octanol–water partition coefficient (Wildman–Crippen LogP) is 2.58. The quantitative estimate of drug-likeness (QED) is 0.853. The van der Waals surface area contributed by atoms with E-state index in [1.165, 1.54) is 36.2 Å². The van der Waals surface area contributed by atoms with Crippen LogP contribution in [0.2, 0.25) is 0 Å². The average molecular weight is 262 g/mol. The van der Waals surface area contributed by atoms with Gasteiger partial charge in [-0.15, -0.1) is 0 Å². The van der Waals surface area contributed by atoms with E-state index in [0.29, 0.717) is 6.04 Å². The van der Waals surface area contributed by atoms with Gasteiger partial charge in [0.05, 0.1) is 6.61 Å². The predicted molar refractivity (Wildman–Crippen MR) is 80.8 cm³/mol. The van der Waals surface area contributed by atoms with E-state index in [1.54, 1.807) is 0 Å². The molecule has 0 radical (unpaired) electrons. The van der Waals surface area contributed by atoms with E-state index in [2.05, 4.69) is 42.4 Å². The van der Waals surface area contributed by atoms with Crippen molar-refractivity contribution in [2.24, 2.45) is 0 Å². The highest BCUT2D eigenvalue weighted by Gasteiger charge is 2.13. The normalized spacial score (nSPS) is 16.3. The van der Waals surface area contributed by atoms with Gasteiger partial charge in [0.25, 0.3) is 0 Å². The molecule has 0 saturated heterocycles. The molecule has 1 aromatic carbocycles. The number of anilines is 1. The summed E-state index contributed by atoms with van der Waals surface area (Å²) in [6.45, 7) is 7.87. The van der Waals surface area contributed by atoms with Crippen LogP contribution in [0.3, 0.4) is 0 Å². The van der Waals surface area contributed by atoms with Crippen LogP contribution in [0.25, 0.3) is 0 Å². The summed E-state index contributed by atoms with van der Waals surface area (Å²) in [6, 6.07) is 7.25. The summed E-state index contributed by atoms with van der Waals surface area (Å²) < 4.78 is 5.42. The van der Waals surface area contributed by atoms with Gasteiger partial charge in [-0.1, -0.05) is 12.1 Å². The van der Waals surface area contributed by atoms with Crippen molar-refractivity contribution in [2.45, 2.75) is 39.3 Å². The fourth-order valence-electron chi connectivity index (χ4n) is 2.59. The van der Waals surface area contributed by atoms with Crippen LogP contribution in [0.15, 0.2) is 18.2 Å². The second-order valence-electron chi connectivity index (χ2n) is 5.43. The summed E-state index contributed by atoms with van der Waals surface area (Å²) in [5, 5.41) is 3.51. The van der Waals surface area contributed by atoms with Crippen LogP contribution in [0.5, 0.6) is 0 Å². The Hall–Kier alpha value is -1.06. The van der Waals surface area contributed by atoms with E-state index in [9.17, 15) is 0 Å². The smallest absolute Gasteiger partial charge is 0.0616 e. The van der Waals surface area contributed by atoms with Crippen molar-refractivity contribution in [2.75, 3.05) is 31.7 Å². The molecule has 0 fully saturated rings. The van der Waals surface area contributed by atoms with Crippen LogP contribution in [0.4, 0.5) is 5.69 Å². The van der Waals surface area contributed by atoms with Crippen molar-refractivity contribution in [3.05, 3.63) is 29.3 Å². The number of benzene rings is 1. The zero-order valence-corrected chi connectivity index (χ0v) is 12.4.